The first-order valence-electron chi connectivity index (χ1n) is 7.82. The molecule has 0 radical (unpaired) electrons. The lowest BCUT2D eigenvalue weighted by Crippen LogP contribution is -2.21. The van der Waals surface area contributed by atoms with Crippen LogP contribution in [-0.4, -0.2) is 40.1 Å². The number of carbonyl (C=O) groups is 1. The maximum atomic E-state index is 13.7. The van der Waals surface area contributed by atoms with Gasteiger partial charge in [-0.1, -0.05) is 6.07 Å². The molecule has 8 nitrogen and oxygen atoms in total. The number of hydrogen-bond acceptors (Lipinski definition) is 6. The van der Waals surface area contributed by atoms with Crippen molar-refractivity contribution in [3.8, 4) is 17.4 Å². The van der Waals surface area contributed by atoms with Crippen molar-refractivity contribution in [2.24, 2.45) is 0 Å². The molecule has 28 heavy (non-hydrogen) atoms. The molecule has 0 fully saturated rings. The van der Waals surface area contributed by atoms with Crippen molar-refractivity contribution in [2.75, 3.05) is 19.5 Å². The molecule has 0 unspecified atom stereocenters. The number of rotatable bonds is 5. The third-order valence-electron chi connectivity index (χ3n) is 3.66. The average Bonchev–Trinajstić information content (AvgIpc) is 3.14. The Morgan fingerprint density at radius 1 is 1.11 bits per heavy atom. The number of aromatic nitrogens is 4. The zero-order chi connectivity index (χ0) is 20.3. The highest BCUT2D eigenvalue weighted by atomic mass is 19.4. The predicted octanol–water partition coefficient (Wildman–Crippen LogP) is 2.95. The van der Waals surface area contributed by atoms with Gasteiger partial charge < -0.3 is 14.8 Å². The summed E-state index contributed by atoms with van der Waals surface area (Å²) in [5, 5.41) is 13.3. The fraction of sp³-hybridized carbons (Fsp3) is 0.176. The van der Waals surface area contributed by atoms with E-state index < -0.39 is 23.3 Å². The van der Waals surface area contributed by atoms with Gasteiger partial charge in [-0.3, -0.25) is 4.79 Å². The molecule has 0 aliphatic rings. The summed E-state index contributed by atoms with van der Waals surface area (Å²) in [6, 6.07) is 8.81. The van der Waals surface area contributed by atoms with Crippen LogP contribution in [0.5, 0.6) is 11.6 Å². The second kappa shape index (κ2) is 7.55. The van der Waals surface area contributed by atoms with Crippen LogP contribution in [0.15, 0.2) is 42.6 Å². The van der Waals surface area contributed by atoms with Gasteiger partial charge in [-0.25, -0.2) is 4.68 Å². The van der Waals surface area contributed by atoms with Gasteiger partial charge in [-0.15, -0.1) is 10.2 Å². The van der Waals surface area contributed by atoms with Gasteiger partial charge in [-0.2, -0.15) is 18.3 Å². The highest BCUT2D eigenvalue weighted by Gasteiger charge is 2.41. The van der Waals surface area contributed by atoms with E-state index in [1.54, 1.807) is 12.1 Å². The van der Waals surface area contributed by atoms with E-state index >= 15 is 0 Å². The van der Waals surface area contributed by atoms with Crippen LogP contribution in [0.4, 0.5) is 18.9 Å². The summed E-state index contributed by atoms with van der Waals surface area (Å²) in [4.78, 5) is 12.5. The Balaban J connectivity index is 1.98. The summed E-state index contributed by atoms with van der Waals surface area (Å²) < 4.78 is 51.3. The van der Waals surface area contributed by atoms with Gasteiger partial charge in [0.2, 0.25) is 5.88 Å². The van der Waals surface area contributed by atoms with E-state index in [1.165, 1.54) is 38.5 Å². The van der Waals surface area contributed by atoms with Crippen LogP contribution in [0, 0.1) is 0 Å². The van der Waals surface area contributed by atoms with Crippen LogP contribution in [0.3, 0.4) is 0 Å². The largest absolute Gasteiger partial charge is 0.497 e. The molecule has 3 aromatic rings. The molecule has 2 heterocycles. The molecular formula is C17H14F3N5O3. The van der Waals surface area contributed by atoms with Gasteiger partial charge >= 0.3 is 6.18 Å². The Bertz CT molecular complexity index is 986. The van der Waals surface area contributed by atoms with Gasteiger partial charge in [0.05, 0.1) is 26.0 Å². The van der Waals surface area contributed by atoms with Crippen LogP contribution < -0.4 is 14.8 Å². The van der Waals surface area contributed by atoms with Crippen molar-refractivity contribution < 1.29 is 27.4 Å². The molecule has 0 bridgehead atoms. The summed E-state index contributed by atoms with van der Waals surface area (Å²) in [7, 11) is 2.78. The monoisotopic (exact) mass is 393 g/mol. The second-order valence-electron chi connectivity index (χ2n) is 5.44. The number of nitrogens with one attached hydrogen (secondary N) is 1. The van der Waals surface area contributed by atoms with Crippen LogP contribution in [0.1, 0.15) is 16.1 Å². The average molecular weight is 393 g/mol. The van der Waals surface area contributed by atoms with Gasteiger partial charge in [0.1, 0.15) is 5.75 Å². The number of benzene rings is 1. The fourth-order valence-electron chi connectivity index (χ4n) is 2.40. The lowest BCUT2D eigenvalue weighted by Gasteiger charge is -2.12. The minimum absolute atomic E-state index is 0.125. The maximum absolute atomic E-state index is 13.7. The molecule has 146 valence electrons. The Labute approximate surface area is 156 Å². The fourth-order valence-corrected chi connectivity index (χ4v) is 2.40. The SMILES string of the molecule is COc1cccc(NC(=O)c2cnn(-c3ccc(OC)nn3)c2C(F)(F)F)c1. The van der Waals surface area contributed by atoms with Crippen LogP contribution >= 0.6 is 0 Å². The Hall–Kier alpha value is -3.63. The van der Waals surface area contributed by atoms with Crippen LogP contribution in [-0.2, 0) is 6.18 Å². The quantitative estimate of drug-likeness (QED) is 0.717. The Morgan fingerprint density at radius 3 is 2.50 bits per heavy atom. The summed E-state index contributed by atoms with van der Waals surface area (Å²) in [6.07, 6.45) is -4.04. The minimum Gasteiger partial charge on any atom is -0.497 e. The first kappa shape index (κ1) is 19.1. The van der Waals surface area contributed by atoms with Gasteiger partial charge in [0.15, 0.2) is 11.5 Å². The number of hydrogen-bond donors (Lipinski definition) is 1. The van der Waals surface area contributed by atoms with Gasteiger partial charge in [0, 0.05) is 17.8 Å². The van der Waals surface area contributed by atoms with E-state index in [4.69, 9.17) is 9.47 Å². The number of anilines is 1. The molecule has 0 atom stereocenters. The van der Waals surface area contributed by atoms with E-state index in [9.17, 15) is 18.0 Å². The first-order chi connectivity index (χ1) is 13.3. The number of amides is 1. The lowest BCUT2D eigenvalue weighted by atomic mass is 10.2. The standard InChI is InChI=1S/C17H14F3N5O3/c1-27-11-5-3-4-10(8-11)22-16(26)12-9-21-25(15(12)17(18,19)20)13-6-7-14(28-2)24-23-13/h3-9H,1-2H3,(H,22,26). The number of nitrogens with zero attached hydrogens (tertiary/aromatic N) is 4. The van der Waals surface area contributed by atoms with E-state index in [2.05, 4.69) is 20.6 Å². The minimum atomic E-state index is -4.86. The summed E-state index contributed by atoms with van der Waals surface area (Å²) in [5.74, 6) is -0.625. The van der Waals surface area contributed by atoms with Crippen molar-refractivity contribution >= 4 is 11.6 Å². The van der Waals surface area contributed by atoms with E-state index in [1.807, 2.05) is 0 Å². The molecule has 2 aromatic heterocycles. The molecule has 0 aliphatic heterocycles. The van der Waals surface area contributed by atoms with Crippen LogP contribution in [0.2, 0.25) is 0 Å². The van der Waals surface area contributed by atoms with Crippen molar-refractivity contribution in [1.82, 2.24) is 20.0 Å². The topological polar surface area (TPSA) is 91.2 Å². The number of alkyl halides is 3. The van der Waals surface area contributed by atoms with Crippen molar-refractivity contribution in [1.29, 1.82) is 0 Å². The molecular weight excluding hydrogens is 379 g/mol. The number of methoxy groups -OCH3 is 2. The Morgan fingerprint density at radius 2 is 1.89 bits per heavy atom. The normalized spacial score (nSPS) is 11.2. The van der Waals surface area contributed by atoms with E-state index in [-0.39, 0.29) is 17.4 Å². The predicted molar refractivity (Wildman–Crippen MR) is 91.7 cm³/mol. The smallest absolute Gasteiger partial charge is 0.434 e. The number of carbonyl (C=O) groups excluding carboxylic acids is 1. The highest BCUT2D eigenvalue weighted by Crippen LogP contribution is 2.33. The third kappa shape index (κ3) is 3.87. The molecule has 0 spiro atoms. The number of halogens is 3. The third-order valence-corrected chi connectivity index (χ3v) is 3.66. The zero-order valence-electron chi connectivity index (χ0n) is 14.7. The summed E-state index contributed by atoms with van der Waals surface area (Å²) in [5.41, 5.74) is -1.66. The first-order valence-corrected chi connectivity index (χ1v) is 7.82. The molecule has 11 heteroatoms. The molecule has 1 N–H and O–H groups in total. The van der Waals surface area contributed by atoms with Crippen molar-refractivity contribution in [3.05, 3.63) is 53.9 Å². The highest BCUT2D eigenvalue weighted by molar-refractivity contribution is 6.05. The molecule has 1 aromatic carbocycles. The summed E-state index contributed by atoms with van der Waals surface area (Å²) >= 11 is 0. The number of ether oxygens (including phenoxy) is 2. The lowest BCUT2D eigenvalue weighted by molar-refractivity contribution is -0.143. The summed E-state index contributed by atoms with van der Waals surface area (Å²) in [6.45, 7) is 0. The molecule has 0 saturated carbocycles. The molecule has 0 saturated heterocycles. The molecule has 3 rings (SSSR count). The van der Waals surface area contributed by atoms with Crippen molar-refractivity contribution in [3.63, 3.8) is 0 Å². The molecule has 0 aliphatic carbocycles. The second-order valence-corrected chi connectivity index (χ2v) is 5.44. The van der Waals surface area contributed by atoms with Gasteiger partial charge in [-0.05, 0) is 18.2 Å². The van der Waals surface area contributed by atoms with Crippen molar-refractivity contribution in [2.45, 2.75) is 6.18 Å². The molecule has 1 amide bonds. The Kier molecular flexibility index (Phi) is 5.16. The van der Waals surface area contributed by atoms with Crippen LogP contribution in [0.25, 0.3) is 5.82 Å². The van der Waals surface area contributed by atoms with E-state index in [0.29, 0.717) is 10.4 Å². The van der Waals surface area contributed by atoms with E-state index in [0.717, 1.165) is 6.20 Å². The zero-order valence-corrected chi connectivity index (χ0v) is 14.7. The van der Waals surface area contributed by atoms with Gasteiger partial charge in [0.25, 0.3) is 5.91 Å². The maximum Gasteiger partial charge on any atom is 0.434 e.